The van der Waals surface area contributed by atoms with Crippen molar-refractivity contribution >= 4 is 17.6 Å². The van der Waals surface area contributed by atoms with Crippen LogP contribution in [0.2, 0.25) is 0 Å². The van der Waals surface area contributed by atoms with E-state index in [9.17, 15) is 9.18 Å². The molecule has 2 atom stereocenters. The van der Waals surface area contributed by atoms with Gasteiger partial charge in [0.25, 0.3) is 5.91 Å². The molecule has 3 heterocycles. The van der Waals surface area contributed by atoms with Crippen molar-refractivity contribution in [1.82, 2.24) is 4.90 Å². The standard InChI is InChI=1S/C23H21FN4O3/c1-26-17-9-15(8-16(24)11-17)14-4-5-19-18(10-14)23(20(29)28(2)21(25)27-23)12-22(31-19)6-3-7-30-13-22/h4-5,8-11H,3,6-7,12-13H2,2H3,(H2,25,27)/t22-,23-/m0/s1. The van der Waals surface area contributed by atoms with Crippen LogP contribution in [0.1, 0.15) is 24.8 Å². The van der Waals surface area contributed by atoms with Crippen LogP contribution in [-0.4, -0.2) is 42.6 Å². The molecule has 0 aliphatic carbocycles. The van der Waals surface area contributed by atoms with Gasteiger partial charge in [0.2, 0.25) is 0 Å². The first-order chi connectivity index (χ1) is 14.9. The van der Waals surface area contributed by atoms with Gasteiger partial charge in [-0.1, -0.05) is 6.07 Å². The SMILES string of the molecule is [C-]#[N+]c1cc(F)cc(-c2ccc3c(c2)[C@]2(C[C@]4(CCCOC4)O3)N=C(N)N(C)C2=O)c1. The van der Waals surface area contributed by atoms with E-state index < -0.39 is 17.0 Å². The van der Waals surface area contributed by atoms with Crippen molar-refractivity contribution in [2.75, 3.05) is 20.3 Å². The minimum Gasteiger partial charge on any atom is -0.484 e. The second-order valence-corrected chi connectivity index (χ2v) is 8.33. The second-order valence-electron chi connectivity index (χ2n) is 8.33. The molecule has 0 unspecified atom stereocenters. The molecule has 2 N–H and O–H groups in total. The lowest BCUT2D eigenvalue weighted by atomic mass is 9.74. The Hall–Kier alpha value is -3.44. The molecule has 1 amide bonds. The number of nitrogens with zero attached hydrogens (tertiary/aromatic N) is 3. The van der Waals surface area contributed by atoms with E-state index >= 15 is 0 Å². The summed E-state index contributed by atoms with van der Waals surface area (Å²) in [5.41, 5.74) is 6.18. The lowest BCUT2D eigenvalue weighted by molar-refractivity contribution is -0.139. The summed E-state index contributed by atoms with van der Waals surface area (Å²) in [6.45, 7) is 8.24. The molecule has 0 radical (unpaired) electrons. The third-order valence-electron chi connectivity index (χ3n) is 6.27. The Morgan fingerprint density at radius 1 is 1.26 bits per heavy atom. The number of nitrogens with two attached hydrogens (primary N) is 1. The van der Waals surface area contributed by atoms with Gasteiger partial charge in [-0.2, -0.15) is 0 Å². The number of carbonyl (C=O) groups excluding carboxylic acids is 1. The molecule has 0 saturated carbocycles. The van der Waals surface area contributed by atoms with Crippen molar-refractivity contribution in [3.05, 3.63) is 59.2 Å². The number of hydrogen-bond acceptors (Lipinski definition) is 5. The Kier molecular flexibility index (Phi) is 4.27. The van der Waals surface area contributed by atoms with Crippen LogP contribution in [-0.2, 0) is 15.1 Å². The van der Waals surface area contributed by atoms with Crippen molar-refractivity contribution in [3.8, 4) is 16.9 Å². The van der Waals surface area contributed by atoms with Gasteiger partial charge in [-0.05, 0) is 54.3 Å². The predicted molar refractivity (Wildman–Crippen MR) is 112 cm³/mol. The normalized spacial score (nSPS) is 27.1. The van der Waals surface area contributed by atoms with Crippen molar-refractivity contribution < 1.29 is 18.7 Å². The summed E-state index contributed by atoms with van der Waals surface area (Å²) < 4.78 is 26.2. The summed E-state index contributed by atoms with van der Waals surface area (Å²) in [7, 11) is 1.60. The summed E-state index contributed by atoms with van der Waals surface area (Å²) in [4.78, 5) is 22.7. The molecule has 0 aromatic heterocycles. The fourth-order valence-electron chi connectivity index (χ4n) is 4.79. The molecule has 5 rings (SSSR count). The fourth-order valence-corrected chi connectivity index (χ4v) is 4.79. The number of benzene rings is 2. The van der Waals surface area contributed by atoms with E-state index in [1.165, 1.54) is 17.0 Å². The van der Waals surface area contributed by atoms with Gasteiger partial charge in [0, 0.05) is 25.6 Å². The topological polar surface area (TPSA) is 81.5 Å². The number of aliphatic imine (C=N–C) groups is 1. The van der Waals surface area contributed by atoms with Crippen LogP contribution in [0, 0.1) is 12.4 Å². The van der Waals surface area contributed by atoms with Crippen molar-refractivity contribution in [2.45, 2.75) is 30.4 Å². The van der Waals surface area contributed by atoms with Crippen molar-refractivity contribution in [3.63, 3.8) is 0 Å². The third kappa shape index (κ3) is 2.96. The van der Waals surface area contributed by atoms with Gasteiger partial charge < -0.3 is 15.2 Å². The van der Waals surface area contributed by atoms with Crippen LogP contribution in [0.5, 0.6) is 5.75 Å². The van der Waals surface area contributed by atoms with Crippen LogP contribution in [0.4, 0.5) is 10.1 Å². The van der Waals surface area contributed by atoms with E-state index in [1.807, 2.05) is 0 Å². The lowest BCUT2D eigenvalue weighted by Crippen LogP contribution is -2.55. The Morgan fingerprint density at radius 2 is 2.10 bits per heavy atom. The zero-order valence-electron chi connectivity index (χ0n) is 17.0. The highest BCUT2D eigenvalue weighted by molar-refractivity contribution is 6.07. The second kappa shape index (κ2) is 6.79. The number of rotatable bonds is 1. The number of amides is 1. The number of carbonyl (C=O) groups is 1. The monoisotopic (exact) mass is 420 g/mol. The molecule has 1 fully saturated rings. The number of guanidine groups is 1. The zero-order chi connectivity index (χ0) is 21.8. The summed E-state index contributed by atoms with van der Waals surface area (Å²) in [5.74, 6) is -0.0270. The largest absolute Gasteiger partial charge is 0.484 e. The van der Waals surface area contributed by atoms with Gasteiger partial charge in [0.15, 0.2) is 17.2 Å². The van der Waals surface area contributed by atoms with Gasteiger partial charge in [-0.15, -0.1) is 0 Å². The highest BCUT2D eigenvalue weighted by atomic mass is 19.1. The van der Waals surface area contributed by atoms with Crippen LogP contribution in [0.3, 0.4) is 0 Å². The Balaban J connectivity index is 1.69. The van der Waals surface area contributed by atoms with Gasteiger partial charge >= 0.3 is 0 Å². The Bertz CT molecular complexity index is 1170. The quantitative estimate of drug-likeness (QED) is 0.718. The Labute approximate surface area is 179 Å². The molecule has 8 heteroatoms. The van der Waals surface area contributed by atoms with Gasteiger partial charge in [0.1, 0.15) is 17.2 Å². The van der Waals surface area contributed by atoms with Crippen LogP contribution >= 0.6 is 0 Å². The first-order valence-corrected chi connectivity index (χ1v) is 10.1. The van der Waals surface area contributed by atoms with Crippen LogP contribution in [0.15, 0.2) is 41.4 Å². The molecule has 0 bridgehead atoms. The van der Waals surface area contributed by atoms with Crippen LogP contribution < -0.4 is 10.5 Å². The maximum absolute atomic E-state index is 14.1. The summed E-state index contributed by atoms with van der Waals surface area (Å²) in [5, 5.41) is 0. The highest BCUT2D eigenvalue weighted by Crippen LogP contribution is 2.51. The molecule has 7 nitrogen and oxygen atoms in total. The molecule has 3 aliphatic rings. The van der Waals surface area contributed by atoms with Crippen LogP contribution in [0.25, 0.3) is 16.0 Å². The molecule has 2 aromatic rings. The van der Waals surface area contributed by atoms with Gasteiger partial charge in [-0.3, -0.25) is 9.69 Å². The number of fused-ring (bicyclic) bond motifs is 2. The van der Waals surface area contributed by atoms with Gasteiger partial charge in [-0.25, -0.2) is 14.2 Å². The van der Waals surface area contributed by atoms with E-state index in [1.54, 1.807) is 31.3 Å². The van der Waals surface area contributed by atoms with E-state index in [2.05, 4.69) is 9.84 Å². The number of hydrogen-bond donors (Lipinski definition) is 1. The summed E-state index contributed by atoms with van der Waals surface area (Å²) in [6, 6.07) is 9.54. The average molecular weight is 420 g/mol. The first kappa shape index (κ1) is 19.5. The summed E-state index contributed by atoms with van der Waals surface area (Å²) in [6.07, 6.45) is 1.90. The third-order valence-corrected chi connectivity index (χ3v) is 6.27. The molecule has 31 heavy (non-hydrogen) atoms. The first-order valence-electron chi connectivity index (χ1n) is 10.1. The van der Waals surface area contributed by atoms with Crippen molar-refractivity contribution in [2.24, 2.45) is 10.7 Å². The minimum atomic E-state index is -1.22. The molecular weight excluding hydrogens is 399 g/mol. The summed E-state index contributed by atoms with van der Waals surface area (Å²) >= 11 is 0. The minimum absolute atomic E-state index is 0.149. The maximum Gasteiger partial charge on any atom is 0.261 e. The van der Waals surface area contributed by atoms with E-state index in [4.69, 9.17) is 21.8 Å². The fraction of sp³-hybridized carbons (Fsp3) is 0.348. The van der Waals surface area contributed by atoms with Crippen molar-refractivity contribution in [1.29, 1.82) is 0 Å². The van der Waals surface area contributed by atoms with E-state index in [0.717, 1.165) is 12.8 Å². The van der Waals surface area contributed by atoms with Gasteiger partial charge in [0.05, 0.1) is 13.2 Å². The highest BCUT2D eigenvalue weighted by Gasteiger charge is 2.58. The van der Waals surface area contributed by atoms with E-state index in [0.29, 0.717) is 42.1 Å². The molecule has 2 aromatic carbocycles. The molecule has 2 spiro atoms. The molecule has 158 valence electrons. The van der Waals surface area contributed by atoms with E-state index in [-0.39, 0.29) is 17.6 Å². The number of ether oxygens (including phenoxy) is 2. The lowest BCUT2D eigenvalue weighted by Gasteiger charge is -2.46. The molecule has 3 aliphatic heterocycles. The average Bonchev–Trinajstić information content (AvgIpc) is 2.97. The number of likely N-dealkylation sites (N-methyl/N-ethyl adjacent to an activating group) is 1. The Morgan fingerprint density at radius 3 is 2.77 bits per heavy atom. The molecule has 1 saturated heterocycles. The zero-order valence-corrected chi connectivity index (χ0v) is 17.0. The predicted octanol–water partition coefficient (Wildman–Crippen LogP) is 3.36. The maximum atomic E-state index is 14.1. The molecular formula is C23H21FN4O3. The smallest absolute Gasteiger partial charge is 0.261 e. The number of halogens is 1.